The van der Waals surface area contributed by atoms with E-state index >= 15 is 0 Å². The van der Waals surface area contributed by atoms with E-state index in [1.54, 1.807) is 26.4 Å². The van der Waals surface area contributed by atoms with Gasteiger partial charge in [0.05, 0.1) is 25.0 Å². The molecule has 1 N–H and O–H groups in total. The number of aromatic nitrogens is 2. The highest BCUT2D eigenvalue weighted by Crippen LogP contribution is 2.42. The van der Waals surface area contributed by atoms with Gasteiger partial charge in [0.1, 0.15) is 11.3 Å². The second kappa shape index (κ2) is 16.7. The largest absolute Gasteiger partial charge is 0.491 e. The van der Waals surface area contributed by atoms with Crippen LogP contribution in [0.1, 0.15) is 83.7 Å². The number of ether oxygens (including phenoxy) is 3. The number of benzene rings is 2. The summed E-state index contributed by atoms with van der Waals surface area (Å²) in [7, 11) is 1.34. The van der Waals surface area contributed by atoms with Crippen LogP contribution >= 0.6 is 11.6 Å². The molecule has 13 heteroatoms. The molecule has 0 saturated heterocycles. The number of anilines is 1. The third-order valence-electron chi connectivity index (χ3n) is 11.0. The molecule has 0 radical (unpaired) electrons. The summed E-state index contributed by atoms with van der Waals surface area (Å²) in [5.74, 6) is 0.565. The summed E-state index contributed by atoms with van der Waals surface area (Å²) in [6, 6.07) is 11.4. The molecule has 1 unspecified atom stereocenters. The highest BCUT2D eigenvalue weighted by atomic mass is 35.5. The standard InChI is InChI=1S/C40H49ClN5O6S/c1-25-7-6-9-35(50-3)32-16-13-30(32)22-46-21-29-12-15-31(41)19-27(29)8-4-5-18-51-36-17-14-28(20-34(36)46)37(47)44-53(49)40(25)42-38(48)33-23-45(2)43-39(33)52-24-26-10-11-26/h6,9,12,14-15,17,19-20,23,25-26,30,32,35,40H,4-5,7-8,10-11,13,16,18,21-22,24H2,1-3H3,(H,42,48)/q-1/b9-6+/t25-,30-,32+,35-,40?/m0/s1. The van der Waals surface area contributed by atoms with Crippen molar-refractivity contribution in [1.82, 2.24) is 15.1 Å². The summed E-state index contributed by atoms with van der Waals surface area (Å²) < 4.78 is 38.1. The van der Waals surface area contributed by atoms with E-state index in [-0.39, 0.29) is 29.4 Å². The van der Waals surface area contributed by atoms with Crippen molar-refractivity contribution in [2.75, 3.05) is 31.8 Å². The number of carbonyl (C=O) groups excluding carboxylic acids is 2. The van der Waals surface area contributed by atoms with Crippen molar-refractivity contribution < 1.29 is 28.0 Å². The molecule has 2 aliphatic heterocycles. The van der Waals surface area contributed by atoms with E-state index in [2.05, 4.69) is 37.9 Å². The Balaban J connectivity index is 1.25. The van der Waals surface area contributed by atoms with E-state index < -0.39 is 27.8 Å². The molecule has 4 aliphatic rings. The lowest BCUT2D eigenvalue weighted by Crippen LogP contribution is -2.43. The maximum atomic E-state index is 14.1. The van der Waals surface area contributed by atoms with Crippen LogP contribution in [0.4, 0.5) is 5.69 Å². The van der Waals surface area contributed by atoms with Gasteiger partial charge in [-0.05, 0) is 122 Å². The number of allylic oxidation sites excluding steroid dienone is 1. The highest BCUT2D eigenvalue weighted by molar-refractivity contribution is 7.75. The fourth-order valence-electron chi connectivity index (χ4n) is 7.54. The van der Waals surface area contributed by atoms with Gasteiger partial charge in [0.2, 0.25) is 5.88 Å². The van der Waals surface area contributed by atoms with Gasteiger partial charge in [0.25, 0.3) is 11.8 Å². The third-order valence-corrected chi connectivity index (χ3v) is 12.6. The van der Waals surface area contributed by atoms with E-state index in [1.807, 2.05) is 31.2 Å². The lowest BCUT2D eigenvalue weighted by atomic mass is 9.70. The summed E-state index contributed by atoms with van der Waals surface area (Å²) in [4.78, 5) is 30.0. The predicted molar refractivity (Wildman–Crippen MR) is 205 cm³/mol. The zero-order valence-corrected chi connectivity index (χ0v) is 32.2. The topological polar surface area (TPSA) is 124 Å². The van der Waals surface area contributed by atoms with Crippen LogP contribution < -0.4 is 19.7 Å². The Kier molecular flexibility index (Phi) is 11.8. The average molecular weight is 763 g/mol. The van der Waals surface area contributed by atoms with Gasteiger partial charge in [-0.1, -0.05) is 36.7 Å². The first kappa shape index (κ1) is 37.4. The number of hydrogen-bond acceptors (Lipinski definition) is 9. The molecule has 7 rings (SSSR count). The predicted octanol–water partition coefficient (Wildman–Crippen LogP) is 7.26. The van der Waals surface area contributed by atoms with Gasteiger partial charge < -0.3 is 33.0 Å². The number of fused-ring (bicyclic) bond motifs is 3. The highest BCUT2D eigenvalue weighted by Gasteiger charge is 2.38. The Morgan fingerprint density at radius 2 is 1.96 bits per heavy atom. The number of nitrogens with zero attached hydrogens (tertiary/aromatic N) is 4. The van der Waals surface area contributed by atoms with Crippen molar-refractivity contribution in [2.24, 2.45) is 35.1 Å². The van der Waals surface area contributed by atoms with E-state index in [1.165, 1.54) is 15.8 Å². The Bertz CT molecular complexity index is 1940. The molecule has 3 aromatic rings. The summed E-state index contributed by atoms with van der Waals surface area (Å²) >= 11 is 6.47. The van der Waals surface area contributed by atoms with E-state index in [0.29, 0.717) is 54.4 Å². The number of halogens is 1. The quantitative estimate of drug-likeness (QED) is 0.206. The molecule has 2 saturated carbocycles. The normalized spacial score (nSPS) is 26.1. The number of rotatable bonds is 6. The monoisotopic (exact) mass is 762 g/mol. The smallest absolute Gasteiger partial charge is 0.257 e. The molecule has 284 valence electrons. The van der Waals surface area contributed by atoms with Crippen molar-refractivity contribution in [3.05, 3.63) is 82.0 Å². The van der Waals surface area contributed by atoms with Gasteiger partial charge in [-0.2, -0.15) is 10.6 Å². The van der Waals surface area contributed by atoms with Crippen molar-refractivity contribution in [1.29, 1.82) is 0 Å². The summed E-state index contributed by atoms with van der Waals surface area (Å²) in [5.41, 5.74) is 3.72. The number of carbonyl (C=O) groups is 2. The van der Waals surface area contributed by atoms with E-state index in [9.17, 15) is 13.8 Å². The second-order valence-corrected chi connectivity index (χ2v) is 16.6. The molecule has 2 fully saturated rings. The number of aryl methyl sites for hydroxylation is 2. The lowest BCUT2D eigenvalue weighted by molar-refractivity contribution is 0.0133. The molecule has 53 heavy (non-hydrogen) atoms. The number of hydrogen-bond donors (Lipinski definition) is 1. The first-order valence-corrected chi connectivity index (χ1v) is 20.3. The Labute approximate surface area is 318 Å². The molecule has 0 spiro atoms. The van der Waals surface area contributed by atoms with Crippen molar-refractivity contribution >= 4 is 39.7 Å². The van der Waals surface area contributed by atoms with Crippen LogP contribution in [0.5, 0.6) is 11.6 Å². The minimum absolute atomic E-state index is 0.114. The van der Waals surface area contributed by atoms with Crippen molar-refractivity contribution in [3.63, 3.8) is 0 Å². The molecular formula is C40H49ClN5O6S-. The van der Waals surface area contributed by atoms with Crippen LogP contribution in [0.3, 0.4) is 0 Å². The maximum Gasteiger partial charge on any atom is 0.257 e. The Morgan fingerprint density at radius 1 is 1.11 bits per heavy atom. The van der Waals surface area contributed by atoms with Crippen molar-refractivity contribution in [3.8, 4) is 11.6 Å². The molecular weight excluding hydrogens is 714 g/mol. The van der Waals surface area contributed by atoms with Gasteiger partial charge in [-0.25, -0.2) is 0 Å². The van der Waals surface area contributed by atoms with Gasteiger partial charge in [-0.3, -0.25) is 14.3 Å². The van der Waals surface area contributed by atoms with Crippen LogP contribution in [0.2, 0.25) is 5.02 Å². The fraction of sp³-hybridized carbons (Fsp3) is 0.525. The lowest BCUT2D eigenvalue weighted by Gasteiger charge is -2.43. The van der Waals surface area contributed by atoms with Crippen LogP contribution in [0.15, 0.2) is 59.1 Å². The van der Waals surface area contributed by atoms with Crippen molar-refractivity contribution in [2.45, 2.75) is 76.3 Å². The van der Waals surface area contributed by atoms with Gasteiger partial charge in [0, 0.05) is 44.0 Å². The zero-order valence-electron chi connectivity index (χ0n) is 30.7. The van der Waals surface area contributed by atoms with E-state index in [4.69, 9.17) is 25.8 Å². The number of nitrogens with one attached hydrogen (secondary N) is 1. The SMILES string of the molecule is CO[C@H]1/C=C/C[C@H](C)C(NC(=O)c2cn(C)nc2OCC2CC2)[S-](=O)=NC(=O)c2ccc3c(c2)N(Cc2ccc(Cl)cc2CCCCO3)C[C@@H]2CC[C@H]21. The molecule has 3 heterocycles. The first-order valence-electron chi connectivity index (χ1n) is 18.8. The summed E-state index contributed by atoms with van der Waals surface area (Å²) in [5, 5.41) is 7.03. The number of methoxy groups -OCH3 is 1. The molecule has 2 aliphatic carbocycles. The first-order chi connectivity index (χ1) is 25.7. The minimum atomic E-state index is -2.12. The van der Waals surface area contributed by atoms with Crippen LogP contribution in [-0.2, 0) is 39.6 Å². The van der Waals surface area contributed by atoms with Gasteiger partial charge in [0.15, 0.2) is 0 Å². The molecule has 1 aromatic heterocycles. The maximum absolute atomic E-state index is 14.1. The van der Waals surface area contributed by atoms with Crippen LogP contribution in [0, 0.1) is 23.7 Å². The van der Waals surface area contributed by atoms with Gasteiger partial charge in [-0.15, -0.1) is 5.10 Å². The zero-order chi connectivity index (χ0) is 37.1. The summed E-state index contributed by atoms with van der Waals surface area (Å²) in [6.45, 7) is 4.27. The molecule has 5 atom stereocenters. The van der Waals surface area contributed by atoms with Crippen LogP contribution in [0.25, 0.3) is 0 Å². The average Bonchev–Trinajstić information content (AvgIpc) is 3.89. The Morgan fingerprint density at radius 3 is 2.74 bits per heavy atom. The Hall–Kier alpha value is -3.87. The fourth-order valence-corrected chi connectivity index (χ4v) is 8.83. The molecule has 2 aromatic carbocycles. The van der Waals surface area contributed by atoms with Crippen LogP contribution in [-0.4, -0.2) is 59.9 Å². The second-order valence-electron chi connectivity index (χ2n) is 15.0. The molecule has 2 bridgehead atoms. The third kappa shape index (κ3) is 8.92. The summed E-state index contributed by atoms with van der Waals surface area (Å²) in [6.07, 6.45) is 13.1. The van der Waals surface area contributed by atoms with E-state index in [0.717, 1.165) is 57.2 Å². The minimum Gasteiger partial charge on any atom is -0.491 e. The molecule has 11 nitrogen and oxygen atoms in total. The van der Waals surface area contributed by atoms with Gasteiger partial charge >= 0.3 is 0 Å². The number of amides is 2. The molecule has 2 amide bonds.